The third-order valence-corrected chi connectivity index (χ3v) is 3.18. The molecule has 0 saturated carbocycles. The van der Waals surface area contributed by atoms with Crippen molar-refractivity contribution in [1.29, 1.82) is 0 Å². The third kappa shape index (κ3) is 2.42. The maximum Gasteiger partial charge on any atom is 0.344 e. The Morgan fingerprint density at radius 1 is 1.05 bits per heavy atom. The standard InChI is InChI=1S/C16H11NO4/c18-15(17-20)12-6-3-5-10(8-12)13-9-11-4-1-2-7-14(11)21-16(13)19/h1-9,20H,(H,17,18). The van der Waals surface area contributed by atoms with E-state index in [-0.39, 0.29) is 5.56 Å². The Hall–Kier alpha value is -2.92. The van der Waals surface area contributed by atoms with Crippen LogP contribution in [0.4, 0.5) is 0 Å². The Bertz CT molecular complexity index is 883. The van der Waals surface area contributed by atoms with E-state index in [1.54, 1.807) is 35.8 Å². The van der Waals surface area contributed by atoms with Gasteiger partial charge in [-0.05, 0) is 29.8 Å². The summed E-state index contributed by atoms with van der Waals surface area (Å²) in [4.78, 5) is 23.5. The number of hydrogen-bond acceptors (Lipinski definition) is 4. The second kappa shape index (κ2) is 5.22. The molecule has 0 saturated heterocycles. The van der Waals surface area contributed by atoms with Crippen LogP contribution in [0.3, 0.4) is 0 Å². The molecule has 3 aromatic rings. The Labute approximate surface area is 119 Å². The number of amides is 1. The van der Waals surface area contributed by atoms with Crippen LogP contribution < -0.4 is 11.1 Å². The van der Waals surface area contributed by atoms with Gasteiger partial charge < -0.3 is 4.42 Å². The minimum absolute atomic E-state index is 0.252. The number of rotatable bonds is 2. The summed E-state index contributed by atoms with van der Waals surface area (Å²) in [5.41, 5.74) is 2.76. The molecule has 0 radical (unpaired) electrons. The molecule has 5 nitrogen and oxygen atoms in total. The number of carbonyl (C=O) groups is 1. The fourth-order valence-corrected chi connectivity index (χ4v) is 2.16. The summed E-state index contributed by atoms with van der Waals surface area (Å²) in [6.07, 6.45) is 0. The molecule has 2 aromatic carbocycles. The van der Waals surface area contributed by atoms with Crippen molar-refractivity contribution in [3.63, 3.8) is 0 Å². The van der Waals surface area contributed by atoms with Gasteiger partial charge in [0.15, 0.2) is 0 Å². The van der Waals surface area contributed by atoms with Crippen LogP contribution in [0.2, 0.25) is 0 Å². The maximum absolute atomic E-state index is 12.1. The number of nitrogens with one attached hydrogen (secondary N) is 1. The van der Waals surface area contributed by atoms with Gasteiger partial charge in [-0.15, -0.1) is 0 Å². The fourth-order valence-electron chi connectivity index (χ4n) is 2.16. The van der Waals surface area contributed by atoms with Gasteiger partial charge in [-0.25, -0.2) is 10.3 Å². The first-order valence-corrected chi connectivity index (χ1v) is 6.27. The van der Waals surface area contributed by atoms with Gasteiger partial charge in [-0.2, -0.15) is 0 Å². The van der Waals surface area contributed by atoms with Crippen LogP contribution in [0, 0.1) is 0 Å². The van der Waals surface area contributed by atoms with Gasteiger partial charge in [0, 0.05) is 10.9 Å². The van der Waals surface area contributed by atoms with E-state index in [1.165, 1.54) is 12.1 Å². The lowest BCUT2D eigenvalue weighted by Gasteiger charge is -2.04. The second-order valence-electron chi connectivity index (χ2n) is 4.51. The molecule has 1 aromatic heterocycles. The molecule has 3 rings (SSSR count). The Balaban J connectivity index is 2.18. The Morgan fingerprint density at radius 3 is 2.67 bits per heavy atom. The van der Waals surface area contributed by atoms with Gasteiger partial charge in [-0.1, -0.05) is 30.3 Å². The monoisotopic (exact) mass is 281 g/mol. The van der Waals surface area contributed by atoms with Gasteiger partial charge in [0.1, 0.15) is 5.58 Å². The van der Waals surface area contributed by atoms with Crippen LogP contribution in [0.5, 0.6) is 0 Å². The first kappa shape index (κ1) is 13.1. The van der Waals surface area contributed by atoms with E-state index in [2.05, 4.69) is 0 Å². The summed E-state index contributed by atoms with van der Waals surface area (Å²) in [7, 11) is 0. The molecule has 0 aliphatic carbocycles. The van der Waals surface area contributed by atoms with Gasteiger partial charge in [0.2, 0.25) is 0 Å². The lowest BCUT2D eigenvalue weighted by Crippen LogP contribution is -2.18. The molecule has 0 spiro atoms. The average molecular weight is 281 g/mol. The Morgan fingerprint density at radius 2 is 1.86 bits per heavy atom. The number of hydrogen-bond donors (Lipinski definition) is 2. The normalized spacial score (nSPS) is 10.5. The topological polar surface area (TPSA) is 79.5 Å². The number of hydroxylamine groups is 1. The highest BCUT2D eigenvalue weighted by Crippen LogP contribution is 2.21. The van der Waals surface area contributed by atoms with E-state index in [9.17, 15) is 9.59 Å². The third-order valence-electron chi connectivity index (χ3n) is 3.18. The summed E-state index contributed by atoms with van der Waals surface area (Å²) < 4.78 is 5.27. The quantitative estimate of drug-likeness (QED) is 0.430. The maximum atomic E-state index is 12.1. The highest BCUT2D eigenvalue weighted by atomic mass is 16.5. The molecule has 5 heteroatoms. The van der Waals surface area contributed by atoms with Crippen molar-refractivity contribution in [2.24, 2.45) is 0 Å². The zero-order valence-electron chi connectivity index (χ0n) is 10.9. The molecule has 0 fully saturated rings. The summed E-state index contributed by atoms with van der Waals surface area (Å²) >= 11 is 0. The summed E-state index contributed by atoms with van der Waals surface area (Å²) in [6, 6.07) is 15.3. The largest absolute Gasteiger partial charge is 0.422 e. The SMILES string of the molecule is O=C(NO)c1cccc(-c2cc3ccccc3oc2=O)c1. The minimum atomic E-state index is -0.637. The van der Waals surface area contributed by atoms with Crippen LogP contribution in [0.1, 0.15) is 10.4 Å². The van der Waals surface area contributed by atoms with Crippen LogP contribution >= 0.6 is 0 Å². The number of carbonyl (C=O) groups excluding carboxylic acids is 1. The van der Waals surface area contributed by atoms with Crippen molar-refractivity contribution in [3.05, 3.63) is 70.6 Å². The van der Waals surface area contributed by atoms with Crippen molar-refractivity contribution in [3.8, 4) is 11.1 Å². The van der Waals surface area contributed by atoms with Crippen LogP contribution in [-0.2, 0) is 0 Å². The van der Waals surface area contributed by atoms with E-state index >= 15 is 0 Å². The molecule has 0 atom stereocenters. The van der Waals surface area contributed by atoms with Gasteiger partial charge in [0.25, 0.3) is 5.91 Å². The summed E-state index contributed by atoms with van der Waals surface area (Å²) in [5.74, 6) is -0.637. The molecule has 2 N–H and O–H groups in total. The highest BCUT2D eigenvalue weighted by molar-refractivity contribution is 5.94. The molecule has 104 valence electrons. The molecule has 1 heterocycles. The summed E-state index contributed by atoms with van der Waals surface area (Å²) in [5, 5.41) is 9.46. The van der Waals surface area contributed by atoms with Crippen molar-refractivity contribution in [2.45, 2.75) is 0 Å². The zero-order chi connectivity index (χ0) is 14.8. The lowest BCUT2D eigenvalue weighted by atomic mass is 10.0. The molecule has 0 unspecified atom stereocenters. The van der Waals surface area contributed by atoms with Gasteiger partial charge in [-0.3, -0.25) is 10.0 Å². The fraction of sp³-hybridized carbons (Fsp3) is 0. The number of fused-ring (bicyclic) bond motifs is 1. The molecule has 21 heavy (non-hydrogen) atoms. The lowest BCUT2D eigenvalue weighted by molar-refractivity contribution is 0.0706. The van der Waals surface area contributed by atoms with Crippen molar-refractivity contribution in [1.82, 2.24) is 5.48 Å². The molecule has 1 amide bonds. The van der Waals surface area contributed by atoms with Crippen LogP contribution in [-0.4, -0.2) is 11.1 Å². The van der Waals surface area contributed by atoms with E-state index < -0.39 is 11.5 Å². The Kier molecular flexibility index (Phi) is 3.25. The van der Waals surface area contributed by atoms with E-state index in [0.717, 1.165) is 5.39 Å². The predicted octanol–water partition coefficient (Wildman–Crippen LogP) is 2.58. The first-order valence-electron chi connectivity index (χ1n) is 6.27. The zero-order valence-corrected chi connectivity index (χ0v) is 10.9. The van der Waals surface area contributed by atoms with E-state index in [0.29, 0.717) is 16.7 Å². The number of benzene rings is 2. The van der Waals surface area contributed by atoms with Crippen LogP contribution in [0.15, 0.2) is 63.8 Å². The van der Waals surface area contributed by atoms with Gasteiger partial charge in [0.05, 0.1) is 5.56 Å². The smallest absolute Gasteiger partial charge is 0.344 e. The molecular weight excluding hydrogens is 270 g/mol. The first-order chi connectivity index (χ1) is 10.2. The number of para-hydroxylation sites is 1. The molecule has 0 bridgehead atoms. The summed E-state index contributed by atoms with van der Waals surface area (Å²) in [6.45, 7) is 0. The minimum Gasteiger partial charge on any atom is -0.422 e. The van der Waals surface area contributed by atoms with Gasteiger partial charge >= 0.3 is 5.63 Å². The molecule has 0 aliphatic heterocycles. The van der Waals surface area contributed by atoms with Crippen molar-refractivity contribution >= 4 is 16.9 Å². The molecular formula is C16H11NO4. The second-order valence-corrected chi connectivity index (χ2v) is 4.51. The highest BCUT2D eigenvalue weighted by Gasteiger charge is 2.10. The van der Waals surface area contributed by atoms with E-state index in [4.69, 9.17) is 9.62 Å². The molecule has 0 aliphatic rings. The predicted molar refractivity (Wildman–Crippen MR) is 77.2 cm³/mol. The van der Waals surface area contributed by atoms with Crippen molar-refractivity contribution in [2.75, 3.05) is 0 Å². The average Bonchev–Trinajstić information content (AvgIpc) is 2.53. The van der Waals surface area contributed by atoms with E-state index in [1.807, 2.05) is 12.1 Å². The van der Waals surface area contributed by atoms with Crippen LogP contribution in [0.25, 0.3) is 22.1 Å². The van der Waals surface area contributed by atoms with Crippen molar-refractivity contribution < 1.29 is 14.4 Å².